The average molecular weight is 471 g/mol. The van der Waals surface area contributed by atoms with Gasteiger partial charge < -0.3 is 4.98 Å². The standard InChI is InChI=1S/C22H19ClN4O2S2/c1-2-9-27-21(29)18-14-5-3-4-6-16(14)31-20(18)26-22(27)30-11-17-24-15-10-12(23)7-8-13(15)19(28)25-17/h2,7-8,10H,1,3-6,9,11H2,(H,24,25,28). The fraction of sp³-hybridized carbons (Fsp3) is 0.273. The predicted molar refractivity (Wildman–Crippen MR) is 128 cm³/mol. The van der Waals surface area contributed by atoms with E-state index in [0.29, 0.717) is 39.2 Å². The number of fused-ring (bicyclic) bond motifs is 4. The molecule has 0 aliphatic heterocycles. The maximum Gasteiger partial charge on any atom is 0.263 e. The van der Waals surface area contributed by atoms with E-state index in [9.17, 15) is 9.59 Å². The van der Waals surface area contributed by atoms with Gasteiger partial charge in [-0.25, -0.2) is 9.97 Å². The minimum Gasteiger partial charge on any atom is -0.309 e. The van der Waals surface area contributed by atoms with Crippen LogP contribution in [0.5, 0.6) is 0 Å². The van der Waals surface area contributed by atoms with Crippen LogP contribution >= 0.6 is 34.7 Å². The molecule has 0 saturated carbocycles. The van der Waals surface area contributed by atoms with Crippen molar-refractivity contribution in [3.63, 3.8) is 0 Å². The number of aromatic nitrogens is 4. The second-order valence-corrected chi connectivity index (χ2v) is 9.92. The van der Waals surface area contributed by atoms with Gasteiger partial charge in [-0.3, -0.25) is 14.2 Å². The summed E-state index contributed by atoms with van der Waals surface area (Å²) in [7, 11) is 0. The van der Waals surface area contributed by atoms with Crippen LogP contribution in [0, 0.1) is 0 Å². The first-order chi connectivity index (χ1) is 15.0. The zero-order valence-electron chi connectivity index (χ0n) is 16.6. The van der Waals surface area contributed by atoms with Crippen molar-refractivity contribution in [1.29, 1.82) is 0 Å². The number of aromatic amines is 1. The van der Waals surface area contributed by atoms with Crippen molar-refractivity contribution >= 4 is 55.8 Å². The second-order valence-electron chi connectivity index (χ2n) is 7.45. The molecule has 6 nitrogen and oxygen atoms in total. The lowest BCUT2D eigenvalue weighted by Crippen LogP contribution is -2.23. The maximum absolute atomic E-state index is 13.3. The molecular formula is C22H19ClN4O2S2. The van der Waals surface area contributed by atoms with Crippen LogP contribution in [0.2, 0.25) is 5.02 Å². The summed E-state index contributed by atoms with van der Waals surface area (Å²) in [5.74, 6) is 0.882. The molecule has 4 aromatic rings. The summed E-state index contributed by atoms with van der Waals surface area (Å²) >= 11 is 9.07. The quantitative estimate of drug-likeness (QED) is 0.259. The molecular weight excluding hydrogens is 452 g/mol. The highest BCUT2D eigenvalue weighted by Gasteiger charge is 2.22. The average Bonchev–Trinajstić information content (AvgIpc) is 3.12. The summed E-state index contributed by atoms with van der Waals surface area (Å²) < 4.78 is 1.66. The number of aryl methyl sites for hydroxylation is 2. The maximum atomic E-state index is 13.3. The first-order valence-corrected chi connectivity index (χ1v) is 12.2. The van der Waals surface area contributed by atoms with E-state index in [2.05, 4.69) is 16.5 Å². The fourth-order valence-electron chi connectivity index (χ4n) is 3.98. The third-order valence-corrected chi connectivity index (χ3v) is 7.82. The molecule has 0 bridgehead atoms. The Morgan fingerprint density at radius 3 is 2.94 bits per heavy atom. The molecule has 9 heteroatoms. The van der Waals surface area contributed by atoms with Crippen LogP contribution in [-0.2, 0) is 25.1 Å². The number of H-pyrrole nitrogens is 1. The smallest absolute Gasteiger partial charge is 0.263 e. The number of allylic oxidation sites excluding steroid dienone is 1. The molecule has 31 heavy (non-hydrogen) atoms. The predicted octanol–water partition coefficient (Wildman–Crippen LogP) is 4.71. The first kappa shape index (κ1) is 20.5. The number of nitrogens with zero attached hydrogens (tertiary/aromatic N) is 3. The Labute approximate surface area is 191 Å². The summed E-state index contributed by atoms with van der Waals surface area (Å²) in [5.41, 5.74) is 1.49. The summed E-state index contributed by atoms with van der Waals surface area (Å²) in [5, 5.41) is 2.38. The van der Waals surface area contributed by atoms with E-state index in [0.717, 1.165) is 35.9 Å². The number of rotatable bonds is 5. The van der Waals surface area contributed by atoms with Crippen molar-refractivity contribution in [1.82, 2.24) is 19.5 Å². The van der Waals surface area contributed by atoms with E-state index in [-0.39, 0.29) is 11.1 Å². The lowest BCUT2D eigenvalue weighted by atomic mass is 9.97. The lowest BCUT2D eigenvalue weighted by Gasteiger charge is -2.12. The van der Waals surface area contributed by atoms with Gasteiger partial charge >= 0.3 is 0 Å². The molecule has 0 amide bonds. The van der Waals surface area contributed by atoms with Crippen molar-refractivity contribution in [2.45, 2.75) is 43.1 Å². The van der Waals surface area contributed by atoms with Crippen molar-refractivity contribution in [2.24, 2.45) is 0 Å². The third kappa shape index (κ3) is 3.73. The van der Waals surface area contributed by atoms with Crippen LogP contribution < -0.4 is 11.1 Å². The monoisotopic (exact) mass is 470 g/mol. The van der Waals surface area contributed by atoms with Crippen molar-refractivity contribution in [3.8, 4) is 0 Å². The van der Waals surface area contributed by atoms with Gasteiger partial charge in [0.2, 0.25) is 0 Å². The van der Waals surface area contributed by atoms with Gasteiger partial charge in [0.15, 0.2) is 5.16 Å². The SMILES string of the molecule is C=CCn1c(SCc2nc3cc(Cl)ccc3c(=O)[nH]2)nc2sc3c(c2c1=O)CCCC3. The van der Waals surface area contributed by atoms with E-state index in [1.54, 1.807) is 40.2 Å². The molecule has 0 saturated heterocycles. The Kier molecular flexibility index (Phi) is 5.45. The molecule has 1 aliphatic carbocycles. The zero-order chi connectivity index (χ0) is 21.5. The van der Waals surface area contributed by atoms with Crippen molar-refractivity contribution < 1.29 is 0 Å². The van der Waals surface area contributed by atoms with Crippen LogP contribution in [0.4, 0.5) is 0 Å². The van der Waals surface area contributed by atoms with Crippen molar-refractivity contribution in [3.05, 3.63) is 72.8 Å². The molecule has 1 N–H and O–H groups in total. The Balaban J connectivity index is 1.55. The number of nitrogens with one attached hydrogen (secondary N) is 1. The molecule has 0 atom stereocenters. The summed E-state index contributed by atoms with van der Waals surface area (Å²) in [4.78, 5) is 40.0. The molecule has 3 aromatic heterocycles. The minimum absolute atomic E-state index is 0.0152. The van der Waals surface area contributed by atoms with Gasteiger partial charge in [0.25, 0.3) is 11.1 Å². The van der Waals surface area contributed by atoms with Crippen LogP contribution in [0.3, 0.4) is 0 Å². The van der Waals surface area contributed by atoms with Gasteiger partial charge in [0.1, 0.15) is 10.7 Å². The molecule has 3 heterocycles. The molecule has 1 aromatic carbocycles. The second kappa shape index (κ2) is 8.26. The van der Waals surface area contributed by atoms with Gasteiger partial charge in [-0.1, -0.05) is 29.4 Å². The van der Waals surface area contributed by atoms with Gasteiger partial charge in [0.05, 0.1) is 22.0 Å². The van der Waals surface area contributed by atoms with Crippen molar-refractivity contribution in [2.75, 3.05) is 0 Å². The van der Waals surface area contributed by atoms with E-state index < -0.39 is 0 Å². The van der Waals surface area contributed by atoms with Crippen LogP contribution in [0.25, 0.3) is 21.1 Å². The molecule has 0 spiro atoms. The minimum atomic E-state index is -0.213. The zero-order valence-corrected chi connectivity index (χ0v) is 19.0. The van der Waals surface area contributed by atoms with Gasteiger partial charge in [-0.15, -0.1) is 17.9 Å². The summed E-state index contributed by atoms with van der Waals surface area (Å²) in [6, 6.07) is 5.01. The highest BCUT2D eigenvalue weighted by molar-refractivity contribution is 7.98. The topological polar surface area (TPSA) is 80.6 Å². The highest BCUT2D eigenvalue weighted by Crippen LogP contribution is 2.35. The number of benzene rings is 1. The summed E-state index contributed by atoms with van der Waals surface area (Å²) in [6.45, 7) is 4.18. The Bertz CT molecular complexity index is 1450. The van der Waals surface area contributed by atoms with E-state index in [4.69, 9.17) is 16.6 Å². The number of thiophene rings is 1. The van der Waals surface area contributed by atoms with Gasteiger partial charge in [0, 0.05) is 16.4 Å². The van der Waals surface area contributed by atoms with E-state index in [1.165, 1.54) is 22.2 Å². The number of hydrogen-bond donors (Lipinski definition) is 1. The fourth-order valence-corrected chi connectivity index (χ4v) is 6.33. The molecule has 0 unspecified atom stereocenters. The third-order valence-electron chi connectivity index (χ3n) is 5.41. The molecule has 5 rings (SSSR count). The largest absolute Gasteiger partial charge is 0.309 e. The number of hydrogen-bond acceptors (Lipinski definition) is 6. The Morgan fingerprint density at radius 2 is 2.10 bits per heavy atom. The van der Waals surface area contributed by atoms with Crippen LogP contribution in [0.1, 0.15) is 29.1 Å². The molecule has 0 fully saturated rings. The van der Waals surface area contributed by atoms with Crippen LogP contribution in [0.15, 0.2) is 45.6 Å². The molecule has 0 radical (unpaired) electrons. The van der Waals surface area contributed by atoms with Gasteiger partial charge in [-0.2, -0.15) is 0 Å². The van der Waals surface area contributed by atoms with E-state index >= 15 is 0 Å². The van der Waals surface area contributed by atoms with Gasteiger partial charge in [-0.05, 0) is 49.4 Å². The van der Waals surface area contributed by atoms with E-state index in [1.807, 2.05) is 0 Å². The first-order valence-electron chi connectivity index (χ1n) is 10.0. The van der Waals surface area contributed by atoms with Crippen LogP contribution in [-0.4, -0.2) is 19.5 Å². The molecule has 1 aliphatic rings. The Hall–Kier alpha value is -2.42. The highest BCUT2D eigenvalue weighted by atomic mass is 35.5. The Morgan fingerprint density at radius 1 is 1.26 bits per heavy atom. The number of thioether (sulfide) groups is 1. The summed E-state index contributed by atoms with van der Waals surface area (Å²) in [6.07, 6.45) is 5.94. The number of halogens is 1. The normalized spacial score (nSPS) is 13.6. The molecule has 158 valence electrons. The lowest BCUT2D eigenvalue weighted by molar-refractivity contribution is 0.668.